The highest BCUT2D eigenvalue weighted by molar-refractivity contribution is 5.51. The van der Waals surface area contributed by atoms with Crippen LogP contribution in [0.4, 0.5) is 0 Å². The van der Waals surface area contributed by atoms with E-state index in [-0.39, 0.29) is 0 Å². The molecule has 0 saturated heterocycles. The van der Waals surface area contributed by atoms with Crippen LogP contribution in [-0.2, 0) is 0 Å². The topological polar surface area (TPSA) is 51.6 Å². The predicted molar refractivity (Wildman–Crippen MR) is 54.4 cm³/mol. The summed E-state index contributed by atoms with van der Waals surface area (Å²) in [6, 6.07) is 3.75. The largest absolute Gasteiger partial charge is 0.264 e. The van der Waals surface area contributed by atoms with E-state index in [1.54, 1.807) is 12.4 Å². The number of nitrogens with zero attached hydrogens (tertiary/aromatic N) is 4. The van der Waals surface area contributed by atoms with Gasteiger partial charge in [-0.2, -0.15) is 0 Å². The van der Waals surface area contributed by atoms with E-state index in [0.717, 1.165) is 5.56 Å². The van der Waals surface area contributed by atoms with Crippen molar-refractivity contribution < 1.29 is 0 Å². The maximum absolute atomic E-state index is 3.99. The van der Waals surface area contributed by atoms with Gasteiger partial charge < -0.3 is 0 Å². The number of hydrogen-bond acceptors (Lipinski definition) is 4. The summed E-state index contributed by atoms with van der Waals surface area (Å²) in [6.07, 6.45) is 6.37. The lowest BCUT2D eigenvalue weighted by Crippen LogP contribution is -1.88. The van der Waals surface area contributed by atoms with E-state index in [4.69, 9.17) is 0 Å². The Kier molecular flexibility index (Phi) is 4.20. The molecular formula is C10H12N4. The molecule has 0 fully saturated rings. The summed E-state index contributed by atoms with van der Waals surface area (Å²) >= 11 is 0. The Balaban J connectivity index is 0.000000461. The molecule has 0 aliphatic heterocycles. The Hall–Kier alpha value is -1.84. The van der Waals surface area contributed by atoms with Gasteiger partial charge in [-0.3, -0.25) is 4.98 Å². The van der Waals surface area contributed by atoms with Crippen molar-refractivity contribution in [2.45, 2.75) is 13.8 Å². The zero-order valence-corrected chi connectivity index (χ0v) is 8.25. The van der Waals surface area contributed by atoms with Crippen LogP contribution in [-0.4, -0.2) is 19.9 Å². The average Bonchev–Trinajstić information content (AvgIpc) is 2.34. The van der Waals surface area contributed by atoms with Gasteiger partial charge in [-0.1, -0.05) is 13.8 Å². The molecule has 0 atom stereocenters. The molecule has 0 spiro atoms. The lowest BCUT2D eigenvalue weighted by Gasteiger charge is -1.94. The first-order chi connectivity index (χ1) is 6.97. The Bertz CT molecular complexity index is 310. The third-order valence-corrected chi connectivity index (χ3v) is 1.41. The fraction of sp³-hybridized carbons (Fsp3) is 0.200. The van der Waals surface area contributed by atoms with Crippen molar-refractivity contribution in [1.29, 1.82) is 0 Å². The third-order valence-electron chi connectivity index (χ3n) is 1.41. The quantitative estimate of drug-likeness (QED) is 0.686. The van der Waals surface area contributed by atoms with E-state index >= 15 is 0 Å². The molecule has 72 valence electrons. The number of rotatable bonds is 1. The summed E-state index contributed by atoms with van der Waals surface area (Å²) in [6.45, 7) is 4.00. The average molecular weight is 188 g/mol. The lowest BCUT2D eigenvalue weighted by molar-refractivity contribution is 1.05. The van der Waals surface area contributed by atoms with E-state index in [1.807, 2.05) is 26.0 Å². The van der Waals surface area contributed by atoms with E-state index in [2.05, 4.69) is 19.9 Å². The molecular weight excluding hydrogens is 176 g/mol. The zero-order valence-electron chi connectivity index (χ0n) is 8.25. The van der Waals surface area contributed by atoms with Crippen molar-refractivity contribution in [2.24, 2.45) is 0 Å². The highest BCUT2D eigenvalue weighted by Gasteiger charge is 1.96. The molecule has 2 aromatic heterocycles. The van der Waals surface area contributed by atoms with Crippen molar-refractivity contribution in [3.63, 3.8) is 0 Å². The highest BCUT2D eigenvalue weighted by Crippen LogP contribution is 2.09. The Morgan fingerprint density at radius 2 is 1.71 bits per heavy atom. The van der Waals surface area contributed by atoms with Crippen LogP contribution in [0.1, 0.15) is 13.8 Å². The van der Waals surface area contributed by atoms with Gasteiger partial charge in [0.25, 0.3) is 0 Å². The molecule has 0 aromatic carbocycles. The van der Waals surface area contributed by atoms with Gasteiger partial charge in [0.05, 0.1) is 0 Å². The van der Waals surface area contributed by atoms with Crippen molar-refractivity contribution in [3.8, 4) is 11.4 Å². The molecule has 2 rings (SSSR count). The van der Waals surface area contributed by atoms with Crippen molar-refractivity contribution in [2.75, 3.05) is 0 Å². The molecule has 0 amide bonds. The molecule has 0 bridgehead atoms. The molecule has 0 aliphatic rings. The molecule has 14 heavy (non-hydrogen) atoms. The minimum atomic E-state index is 0.651. The predicted octanol–water partition coefficient (Wildman–Crippen LogP) is 1.96. The van der Waals surface area contributed by atoms with Gasteiger partial charge in [-0.15, -0.1) is 0 Å². The second-order valence-electron chi connectivity index (χ2n) is 2.20. The molecule has 0 unspecified atom stereocenters. The van der Waals surface area contributed by atoms with Crippen LogP contribution in [0.2, 0.25) is 0 Å². The van der Waals surface area contributed by atoms with E-state index in [0.29, 0.717) is 5.82 Å². The van der Waals surface area contributed by atoms with Crippen molar-refractivity contribution >= 4 is 0 Å². The monoisotopic (exact) mass is 188 g/mol. The SMILES string of the molecule is CC.c1cncc(-c2ncncn2)c1. The minimum absolute atomic E-state index is 0.651. The van der Waals surface area contributed by atoms with Crippen molar-refractivity contribution in [1.82, 2.24) is 19.9 Å². The normalized spacial score (nSPS) is 8.71. The Morgan fingerprint density at radius 1 is 1.00 bits per heavy atom. The third kappa shape index (κ3) is 2.58. The van der Waals surface area contributed by atoms with E-state index < -0.39 is 0 Å². The smallest absolute Gasteiger partial charge is 0.164 e. The molecule has 0 aliphatic carbocycles. The Morgan fingerprint density at radius 3 is 2.29 bits per heavy atom. The van der Waals surface area contributed by atoms with Gasteiger partial charge in [0.15, 0.2) is 5.82 Å². The first-order valence-corrected chi connectivity index (χ1v) is 4.49. The maximum atomic E-state index is 3.99. The first-order valence-electron chi connectivity index (χ1n) is 4.49. The van der Waals surface area contributed by atoms with Gasteiger partial charge in [0.1, 0.15) is 12.7 Å². The van der Waals surface area contributed by atoms with Gasteiger partial charge in [0, 0.05) is 18.0 Å². The molecule has 0 saturated carbocycles. The summed E-state index contributed by atoms with van der Waals surface area (Å²) in [5.74, 6) is 0.651. The molecule has 4 heteroatoms. The van der Waals surface area contributed by atoms with Crippen LogP contribution in [0.15, 0.2) is 37.2 Å². The van der Waals surface area contributed by atoms with Crippen molar-refractivity contribution in [3.05, 3.63) is 37.2 Å². The van der Waals surface area contributed by atoms with Crippen LogP contribution in [0, 0.1) is 0 Å². The van der Waals surface area contributed by atoms with Crippen LogP contribution in [0.3, 0.4) is 0 Å². The molecule has 2 heterocycles. The summed E-state index contributed by atoms with van der Waals surface area (Å²) in [4.78, 5) is 15.7. The lowest BCUT2D eigenvalue weighted by atomic mass is 10.3. The van der Waals surface area contributed by atoms with Gasteiger partial charge in [-0.05, 0) is 12.1 Å². The molecule has 0 radical (unpaired) electrons. The summed E-state index contributed by atoms with van der Waals surface area (Å²) in [5, 5.41) is 0. The molecule has 2 aromatic rings. The number of hydrogen-bond donors (Lipinski definition) is 0. The summed E-state index contributed by atoms with van der Waals surface area (Å²) in [7, 11) is 0. The molecule has 4 nitrogen and oxygen atoms in total. The second kappa shape index (κ2) is 5.75. The standard InChI is InChI=1S/C8H6N4.C2H6/c1-2-7(4-9-3-1)8-11-5-10-6-12-8;1-2/h1-6H;1-2H3. The van der Waals surface area contributed by atoms with Gasteiger partial charge in [0.2, 0.25) is 0 Å². The van der Waals surface area contributed by atoms with Crippen LogP contribution in [0.25, 0.3) is 11.4 Å². The maximum Gasteiger partial charge on any atom is 0.164 e. The fourth-order valence-electron chi connectivity index (χ4n) is 0.883. The van der Waals surface area contributed by atoms with E-state index in [1.165, 1.54) is 12.7 Å². The number of pyridine rings is 1. The second-order valence-corrected chi connectivity index (χ2v) is 2.20. The van der Waals surface area contributed by atoms with Crippen LogP contribution in [0.5, 0.6) is 0 Å². The van der Waals surface area contributed by atoms with Crippen LogP contribution >= 0.6 is 0 Å². The van der Waals surface area contributed by atoms with E-state index in [9.17, 15) is 0 Å². The Labute approximate surface area is 83.1 Å². The number of aromatic nitrogens is 4. The molecule has 0 N–H and O–H groups in total. The highest BCUT2D eigenvalue weighted by atomic mass is 15.0. The first kappa shape index (κ1) is 10.2. The van der Waals surface area contributed by atoms with Crippen LogP contribution < -0.4 is 0 Å². The van der Waals surface area contributed by atoms with Gasteiger partial charge >= 0.3 is 0 Å². The summed E-state index contributed by atoms with van der Waals surface area (Å²) < 4.78 is 0. The van der Waals surface area contributed by atoms with Gasteiger partial charge in [-0.25, -0.2) is 15.0 Å². The fourth-order valence-corrected chi connectivity index (χ4v) is 0.883. The summed E-state index contributed by atoms with van der Waals surface area (Å²) in [5.41, 5.74) is 0.903. The zero-order chi connectivity index (χ0) is 10.2. The minimum Gasteiger partial charge on any atom is -0.264 e.